The molecule has 1 atom stereocenters. The molecule has 2 rings (SSSR count). The third-order valence-electron chi connectivity index (χ3n) is 3.13. The molecule has 0 aliphatic carbocycles. The number of carbonyl (C=O) groups excluding carboxylic acids is 1. The second-order valence-corrected chi connectivity index (χ2v) is 6.08. The number of rotatable bonds is 6. The topological polar surface area (TPSA) is 55.1 Å². The molecule has 0 aromatic heterocycles. The van der Waals surface area contributed by atoms with Crippen LogP contribution >= 0.6 is 23.4 Å². The molecule has 0 saturated heterocycles. The molecule has 5 heteroatoms. The van der Waals surface area contributed by atoms with Crippen molar-refractivity contribution >= 4 is 29.3 Å². The van der Waals surface area contributed by atoms with Crippen LogP contribution in [0.4, 0.5) is 0 Å². The summed E-state index contributed by atoms with van der Waals surface area (Å²) in [5, 5.41) is 0.730. The van der Waals surface area contributed by atoms with Gasteiger partial charge in [0, 0.05) is 16.5 Å². The summed E-state index contributed by atoms with van der Waals surface area (Å²) in [7, 11) is 0. The van der Waals surface area contributed by atoms with Crippen molar-refractivity contribution in [3.05, 3.63) is 70.7 Å². The van der Waals surface area contributed by atoms with Crippen LogP contribution in [0.15, 0.2) is 54.6 Å². The third-order valence-corrected chi connectivity index (χ3v) is 4.49. The minimum absolute atomic E-state index is 0.162. The number of hydrazine groups is 1. The molecular formula is C16H17ClN2OS. The zero-order chi connectivity index (χ0) is 15.1. The van der Waals surface area contributed by atoms with Crippen molar-refractivity contribution in [1.29, 1.82) is 0 Å². The van der Waals surface area contributed by atoms with Crippen molar-refractivity contribution in [2.45, 2.75) is 11.7 Å². The van der Waals surface area contributed by atoms with Crippen LogP contribution in [-0.4, -0.2) is 11.7 Å². The van der Waals surface area contributed by atoms with Crippen LogP contribution in [0, 0.1) is 0 Å². The Morgan fingerprint density at radius 1 is 1.14 bits per heavy atom. The Morgan fingerprint density at radius 3 is 2.43 bits per heavy atom. The van der Waals surface area contributed by atoms with E-state index >= 15 is 0 Å². The van der Waals surface area contributed by atoms with E-state index in [1.807, 2.05) is 54.6 Å². The van der Waals surface area contributed by atoms with E-state index in [0.717, 1.165) is 16.3 Å². The lowest BCUT2D eigenvalue weighted by atomic mass is 10.0. The normalized spacial score (nSPS) is 11.9. The maximum atomic E-state index is 11.9. The van der Waals surface area contributed by atoms with Crippen LogP contribution in [0.3, 0.4) is 0 Å². The number of hydrogen-bond donors (Lipinski definition) is 2. The number of halogens is 1. The number of benzene rings is 2. The first kappa shape index (κ1) is 15.9. The summed E-state index contributed by atoms with van der Waals surface area (Å²) in [5.41, 5.74) is 4.41. The summed E-state index contributed by atoms with van der Waals surface area (Å²) < 4.78 is 0. The van der Waals surface area contributed by atoms with E-state index in [9.17, 15) is 4.79 Å². The SMILES string of the molecule is NNC(=O)C(CSCc1ccc(Cl)cc1)c1ccccc1. The van der Waals surface area contributed by atoms with Gasteiger partial charge in [-0.3, -0.25) is 10.2 Å². The minimum Gasteiger partial charge on any atom is -0.294 e. The van der Waals surface area contributed by atoms with Crippen molar-refractivity contribution in [2.75, 3.05) is 5.75 Å². The standard InChI is InChI=1S/C16H17ClN2OS/c17-14-8-6-12(7-9-14)10-21-11-15(16(20)19-18)13-4-2-1-3-5-13/h1-9,15H,10-11,18H2,(H,19,20). The van der Waals surface area contributed by atoms with E-state index in [0.29, 0.717) is 5.75 Å². The summed E-state index contributed by atoms with van der Waals surface area (Å²) in [5.74, 6) is 6.39. The van der Waals surface area contributed by atoms with E-state index in [2.05, 4.69) is 5.43 Å². The van der Waals surface area contributed by atoms with Crippen molar-refractivity contribution in [2.24, 2.45) is 5.84 Å². The molecule has 1 unspecified atom stereocenters. The van der Waals surface area contributed by atoms with Crippen molar-refractivity contribution in [1.82, 2.24) is 5.43 Å². The number of hydrogen-bond acceptors (Lipinski definition) is 3. The van der Waals surface area contributed by atoms with Gasteiger partial charge >= 0.3 is 0 Å². The fourth-order valence-electron chi connectivity index (χ4n) is 1.98. The molecule has 0 aliphatic rings. The average molecular weight is 321 g/mol. The third kappa shape index (κ3) is 4.77. The summed E-state index contributed by atoms with van der Waals surface area (Å²) in [6.45, 7) is 0. The lowest BCUT2D eigenvalue weighted by Crippen LogP contribution is -2.35. The number of nitrogens with two attached hydrogens (primary N) is 1. The Labute approximate surface area is 133 Å². The first-order valence-corrected chi connectivity index (χ1v) is 8.11. The van der Waals surface area contributed by atoms with Gasteiger partial charge in [0.2, 0.25) is 5.91 Å². The van der Waals surface area contributed by atoms with Gasteiger partial charge in [0.1, 0.15) is 0 Å². The van der Waals surface area contributed by atoms with Gasteiger partial charge in [0.15, 0.2) is 0 Å². The van der Waals surface area contributed by atoms with Crippen LogP contribution in [0.2, 0.25) is 5.02 Å². The Bertz CT molecular complexity index is 575. The van der Waals surface area contributed by atoms with Crippen LogP contribution in [0.5, 0.6) is 0 Å². The van der Waals surface area contributed by atoms with Gasteiger partial charge in [0.05, 0.1) is 5.92 Å². The van der Waals surface area contributed by atoms with E-state index in [1.54, 1.807) is 11.8 Å². The molecule has 0 heterocycles. The quantitative estimate of drug-likeness (QED) is 0.487. The predicted octanol–water partition coefficient (Wildman–Crippen LogP) is 3.35. The smallest absolute Gasteiger partial charge is 0.242 e. The molecule has 0 aliphatic heterocycles. The summed E-state index contributed by atoms with van der Waals surface area (Å²) in [4.78, 5) is 11.9. The molecule has 3 nitrogen and oxygen atoms in total. The van der Waals surface area contributed by atoms with Gasteiger partial charge in [-0.1, -0.05) is 54.1 Å². The molecule has 2 aromatic rings. The Morgan fingerprint density at radius 2 is 1.81 bits per heavy atom. The van der Waals surface area contributed by atoms with Crippen LogP contribution in [-0.2, 0) is 10.5 Å². The first-order chi connectivity index (χ1) is 10.2. The second kappa shape index (κ2) is 8.08. The zero-order valence-electron chi connectivity index (χ0n) is 11.5. The molecular weight excluding hydrogens is 304 g/mol. The highest BCUT2D eigenvalue weighted by atomic mass is 35.5. The van der Waals surface area contributed by atoms with Gasteiger partial charge in [-0.25, -0.2) is 5.84 Å². The van der Waals surface area contributed by atoms with E-state index in [1.165, 1.54) is 5.56 Å². The maximum absolute atomic E-state index is 11.9. The largest absolute Gasteiger partial charge is 0.294 e. The van der Waals surface area contributed by atoms with Gasteiger partial charge in [-0.05, 0) is 23.3 Å². The van der Waals surface area contributed by atoms with Crippen molar-refractivity contribution in [3.8, 4) is 0 Å². The zero-order valence-corrected chi connectivity index (χ0v) is 13.0. The highest BCUT2D eigenvalue weighted by Crippen LogP contribution is 2.24. The molecule has 0 saturated carbocycles. The van der Waals surface area contributed by atoms with Gasteiger partial charge in [-0.15, -0.1) is 0 Å². The molecule has 0 fully saturated rings. The van der Waals surface area contributed by atoms with Gasteiger partial charge in [-0.2, -0.15) is 11.8 Å². The molecule has 110 valence electrons. The monoisotopic (exact) mass is 320 g/mol. The summed E-state index contributed by atoms with van der Waals surface area (Å²) in [6.07, 6.45) is 0. The number of amides is 1. The summed E-state index contributed by atoms with van der Waals surface area (Å²) in [6, 6.07) is 17.4. The molecule has 0 radical (unpaired) electrons. The fraction of sp³-hybridized carbons (Fsp3) is 0.188. The van der Waals surface area contributed by atoms with Crippen LogP contribution < -0.4 is 11.3 Å². The maximum Gasteiger partial charge on any atom is 0.242 e. The van der Waals surface area contributed by atoms with E-state index < -0.39 is 0 Å². The average Bonchev–Trinajstić information content (AvgIpc) is 2.53. The molecule has 21 heavy (non-hydrogen) atoms. The van der Waals surface area contributed by atoms with Crippen LogP contribution in [0.1, 0.15) is 17.0 Å². The summed E-state index contributed by atoms with van der Waals surface area (Å²) >= 11 is 7.56. The van der Waals surface area contributed by atoms with Gasteiger partial charge < -0.3 is 0 Å². The highest BCUT2D eigenvalue weighted by molar-refractivity contribution is 7.98. The Hall–Kier alpha value is -1.49. The number of carbonyl (C=O) groups is 1. The molecule has 0 spiro atoms. The fourth-order valence-corrected chi connectivity index (χ4v) is 3.24. The molecule has 2 aromatic carbocycles. The first-order valence-electron chi connectivity index (χ1n) is 6.58. The van der Waals surface area contributed by atoms with Crippen molar-refractivity contribution < 1.29 is 4.79 Å². The Balaban J connectivity index is 1.96. The van der Waals surface area contributed by atoms with E-state index in [4.69, 9.17) is 17.4 Å². The highest BCUT2D eigenvalue weighted by Gasteiger charge is 2.19. The minimum atomic E-state index is -0.242. The Kier molecular flexibility index (Phi) is 6.11. The molecule has 0 bridgehead atoms. The van der Waals surface area contributed by atoms with E-state index in [-0.39, 0.29) is 11.8 Å². The predicted molar refractivity (Wildman–Crippen MR) is 89.1 cm³/mol. The lowest BCUT2D eigenvalue weighted by molar-refractivity contribution is -0.122. The van der Waals surface area contributed by atoms with Crippen molar-refractivity contribution in [3.63, 3.8) is 0 Å². The molecule has 3 N–H and O–H groups in total. The second-order valence-electron chi connectivity index (χ2n) is 4.61. The number of nitrogens with one attached hydrogen (secondary N) is 1. The van der Waals surface area contributed by atoms with Gasteiger partial charge in [0.25, 0.3) is 0 Å². The number of thioether (sulfide) groups is 1. The van der Waals surface area contributed by atoms with Crippen LogP contribution in [0.25, 0.3) is 0 Å². The molecule has 1 amide bonds. The lowest BCUT2D eigenvalue weighted by Gasteiger charge is -2.15.